The molecular formula is C11H21N5. The van der Waals surface area contributed by atoms with Crippen LogP contribution in [0.2, 0.25) is 0 Å². The SMILES string of the molecule is CCCn1ncnc1CN(CCN)C1CC1. The van der Waals surface area contributed by atoms with Gasteiger partial charge in [0.15, 0.2) is 0 Å². The number of rotatable bonds is 7. The maximum atomic E-state index is 5.64. The Morgan fingerprint density at radius 1 is 1.56 bits per heavy atom. The standard InChI is InChI=1S/C11H21N5/c1-2-6-16-11(13-9-14-16)8-15(7-5-12)10-3-4-10/h9-10H,2-8,12H2,1H3. The van der Waals surface area contributed by atoms with Crippen LogP contribution < -0.4 is 5.73 Å². The first-order chi connectivity index (χ1) is 7.85. The predicted molar refractivity (Wildman–Crippen MR) is 62.8 cm³/mol. The predicted octanol–water partition coefficient (Wildman–Crippen LogP) is 0.611. The Bertz CT molecular complexity index is 318. The molecule has 0 aliphatic heterocycles. The van der Waals surface area contributed by atoms with E-state index in [0.717, 1.165) is 44.5 Å². The Hall–Kier alpha value is -0.940. The van der Waals surface area contributed by atoms with Gasteiger partial charge in [0.1, 0.15) is 12.2 Å². The molecule has 5 nitrogen and oxygen atoms in total. The average molecular weight is 223 g/mol. The molecule has 0 unspecified atom stereocenters. The molecule has 5 heteroatoms. The van der Waals surface area contributed by atoms with E-state index in [-0.39, 0.29) is 0 Å². The van der Waals surface area contributed by atoms with Gasteiger partial charge in [-0.25, -0.2) is 9.67 Å². The second kappa shape index (κ2) is 5.41. The summed E-state index contributed by atoms with van der Waals surface area (Å²) in [7, 11) is 0. The van der Waals surface area contributed by atoms with E-state index < -0.39 is 0 Å². The normalized spacial score (nSPS) is 15.9. The first-order valence-electron chi connectivity index (χ1n) is 6.16. The molecule has 2 N–H and O–H groups in total. The van der Waals surface area contributed by atoms with Gasteiger partial charge in [0.25, 0.3) is 0 Å². The number of nitrogens with zero attached hydrogens (tertiary/aromatic N) is 4. The van der Waals surface area contributed by atoms with E-state index in [1.165, 1.54) is 12.8 Å². The van der Waals surface area contributed by atoms with E-state index in [1.807, 2.05) is 4.68 Å². The summed E-state index contributed by atoms with van der Waals surface area (Å²) in [6.07, 6.45) is 5.36. The van der Waals surface area contributed by atoms with Crippen molar-refractivity contribution in [2.24, 2.45) is 5.73 Å². The molecule has 90 valence electrons. The highest BCUT2D eigenvalue weighted by Gasteiger charge is 2.29. The summed E-state index contributed by atoms with van der Waals surface area (Å²) in [5.41, 5.74) is 5.64. The summed E-state index contributed by atoms with van der Waals surface area (Å²) >= 11 is 0. The topological polar surface area (TPSA) is 60.0 Å². The van der Waals surface area contributed by atoms with Crippen LogP contribution in [0.1, 0.15) is 32.0 Å². The van der Waals surface area contributed by atoms with Crippen molar-refractivity contribution in [3.8, 4) is 0 Å². The van der Waals surface area contributed by atoms with Crippen molar-refractivity contribution in [1.82, 2.24) is 19.7 Å². The molecule has 0 amide bonds. The van der Waals surface area contributed by atoms with Gasteiger partial charge in [-0.05, 0) is 19.3 Å². The van der Waals surface area contributed by atoms with Crippen molar-refractivity contribution in [2.75, 3.05) is 13.1 Å². The molecule has 0 bridgehead atoms. The lowest BCUT2D eigenvalue weighted by molar-refractivity contribution is 0.250. The molecule has 1 saturated carbocycles. The van der Waals surface area contributed by atoms with Crippen LogP contribution in [0.5, 0.6) is 0 Å². The second-order valence-electron chi connectivity index (χ2n) is 4.39. The third kappa shape index (κ3) is 2.80. The lowest BCUT2D eigenvalue weighted by atomic mass is 10.4. The van der Waals surface area contributed by atoms with Crippen LogP contribution in [-0.4, -0.2) is 38.8 Å². The van der Waals surface area contributed by atoms with Crippen LogP contribution in [0.25, 0.3) is 0 Å². The molecule has 0 aromatic carbocycles. The highest BCUT2D eigenvalue weighted by molar-refractivity contribution is 4.91. The summed E-state index contributed by atoms with van der Waals surface area (Å²) in [5, 5.41) is 4.25. The molecule has 1 heterocycles. The number of hydrogen-bond acceptors (Lipinski definition) is 4. The van der Waals surface area contributed by atoms with Crippen LogP contribution in [0.4, 0.5) is 0 Å². The minimum absolute atomic E-state index is 0.721. The molecule has 1 fully saturated rings. The van der Waals surface area contributed by atoms with Crippen molar-refractivity contribution in [1.29, 1.82) is 0 Å². The maximum Gasteiger partial charge on any atom is 0.141 e. The van der Waals surface area contributed by atoms with Gasteiger partial charge in [-0.1, -0.05) is 6.92 Å². The molecule has 0 spiro atoms. The fraction of sp³-hybridized carbons (Fsp3) is 0.818. The molecular weight excluding hydrogens is 202 g/mol. The van der Waals surface area contributed by atoms with E-state index in [1.54, 1.807) is 6.33 Å². The monoisotopic (exact) mass is 223 g/mol. The van der Waals surface area contributed by atoms with Crippen LogP contribution in [0.3, 0.4) is 0 Å². The second-order valence-corrected chi connectivity index (χ2v) is 4.39. The Balaban J connectivity index is 1.97. The van der Waals surface area contributed by atoms with Crippen molar-refractivity contribution < 1.29 is 0 Å². The zero-order valence-electron chi connectivity index (χ0n) is 9.97. The van der Waals surface area contributed by atoms with Gasteiger partial charge in [0.2, 0.25) is 0 Å². The fourth-order valence-corrected chi connectivity index (χ4v) is 1.99. The van der Waals surface area contributed by atoms with Crippen LogP contribution in [-0.2, 0) is 13.1 Å². The maximum absolute atomic E-state index is 5.64. The Kier molecular flexibility index (Phi) is 3.90. The molecule has 2 rings (SSSR count). The summed E-state index contributed by atoms with van der Waals surface area (Å²) < 4.78 is 2.01. The lowest BCUT2D eigenvalue weighted by Gasteiger charge is -2.20. The largest absolute Gasteiger partial charge is 0.329 e. The molecule has 0 radical (unpaired) electrons. The van der Waals surface area contributed by atoms with Gasteiger partial charge in [-0.3, -0.25) is 4.90 Å². The van der Waals surface area contributed by atoms with Crippen molar-refractivity contribution in [3.63, 3.8) is 0 Å². The van der Waals surface area contributed by atoms with Gasteiger partial charge in [0.05, 0.1) is 6.54 Å². The molecule has 1 aromatic heterocycles. The molecule has 0 atom stereocenters. The summed E-state index contributed by atoms with van der Waals surface area (Å²) in [6.45, 7) is 5.68. The van der Waals surface area contributed by atoms with Gasteiger partial charge < -0.3 is 5.73 Å². The van der Waals surface area contributed by atoms with E-state index in [9.17, 15) is 0 Å². The third-order valence-electron chi connectivity index (χ3n) is 2.96. The van der Waals surface area contributed by atoms with E-state index in [0.29, 0.717) is 0 Å². The number of aryl methyl sites for hydroxylation is 1. The Labute approximate surface area is 96.6 Å². The smallest absolute Gasteiger partial charge is 0.141 e. The molecule has 1 aliphatic rings. The van der Waals surface area contributed by atoms with Crippen molar-refractivity contribution in [2.45, 2.75) is 45.3 Å². The first-order valence-corrected chi connectivity index (χ1v) is 6.16. The van der Waals surface area contributed by atoms with E-state index >= 15 is 0 Å². The number of aromatic nitrogens is 3. The van der Waals surface area contributed by atoms with Gasteiger partial charge >= 0.3 is 0 Å². The van der Waals surface area contributed by atoms with Crippen LogP contribution in [0, 0.1) is 0 Å². The minimum Gasteiger partial charge on any atom is -0.329 e. The average Bonchev–Trinajstić information content (AvgIpc) is 3.03. The minimum atomic E-state index is 0.721. The molecule has 1 aliphatic carbocycles. The first kappa shape index (κ1) is 11.5. The fourth-order valence-electron chi connectivity index (χ4n) is 1.99. The van der Waals surface area contributed by atoms with Crippen LogP contribution in [0.15, 0.2) is 6.33 Å². The highest BCUT2D eigenvalue weighted by atomic mass is 15.4. The zero-order valence-corrected chi connectivity index (χ0v) is 9.97. The number of hydrogen-bond donors (Lipinski definition) is 1. The summed E-state index contributed by atoms with van der Waals surface area (Å²) in [5.74, 6) is 1.07. The molecule has 0 saturated heterocycles. The quantitative estimate of drug-likeness (QED) is 0.736. The van der Waals surface area contributed by atoms with E-state index in [4.69, 9.17) is 5.73 Å². The summed E-state index contributed by atoms with van der Waals surface area (Å²) in [4.78, 5) is 6.76. The third-order valence-corrected chi connectivity index (χ3v) is 2.96. The molecule has 1 aromatic rings. The zero-order chi connectivity index (χ0) is 11.4. The van der Waals surface area contributed by atoms with Crippen molar-refractivity contribution in [3.05, 3.63) is 12.2 Å². The summed E-state index contributed by atoms with van der Waals surface area (Å²) in [6, 6.07) is 0.732. The Morgan fingerprint density at radius 2 is 2.38 bits per heavy atom. The Morgan fingerprint density at radius 3 is 3.00 bits per heavy atom. The van der Waals surface area contributed by atoms with Gasteiger partial charge in [-0.2, -0.15) is 5.10 Å². The molecule has 16 heavy (non-hydrogen) atoms. The van der Waals surface area contributed by atoms with Gasteiger partial charge in [-0.15, -0.1) is 0 Å². The van der Waals surface area contributed by atoms with E-state index in [2.05, 4.69) is 21.9 Å². The van der Waals surface area contributed by atoms with Crippen LogP contribution >= 0.6 is 0 Å². The number of nitrogens with two attached hydrogens (primary N) is 1. The van der Waals surface area contributed by atoms with Gasteiger partial charge in [0, 0.05) is 25.7 Å². The van der Waals surface area contributed by atoms with Crippen molar-refractivity contribution >= 4 is 0 Å². The lowest BCUT2D eigenvalue weighted by Crippen LogP contribution is -2.32. The highest BCUT2D eigenvalue weighted by Crippen LogP contribution is 2.27.